The summed E-state index contributed by atoms with van der Waals surface area (Å²) in [6.45, 7) is 3.28. The summed E-state index contributed by atoms with van der Waals surface area (Å²) in [5, 5.41) is 9.97. The molecule has 0 aromatic heterocycles. The quantitative estimate of drug-likeness (QED) is 0.744. The molecule has 2 amide bonds. The number of hydrogen-bond acceptors (Lipinski definition) is 4. The number of carbonyl (C=O) groups excluding carboxylic acids is 2. The highest BCUT2D eigenvalue weighted by molar-refractivity contribution is 7.99. The molecule has 4 nitrogen and oxygen atoms in total. The van der Waals surface area contributed by atoms with E-state index in [-0.39, 0.29) is 11.8 Å². The fourth-order valence-electron chi connectivity index (χ4n) is 2.44. The van der Waals surface area contributed by atoms with Crippen molar-refractivity contribution in [1.29, 1.82) is 5.26 Å². The topological polar surface area (TPSA) is 61.2 Å². The second-order valence-corrected chi connectivity index (χ2v) is 7.10. The van der Waals surface area contributed by atoms with Crippen molar-refractivity contribution in [3.63, 3.8) is 0 Å². The lowest BCUT2D eigenvalue weighted by Gasteiger charge is -2.16. The Kier molecular flexibility index (Phi) is 4.67. The van der Waals surface area contributed by atoms with Crippen LogP contribution in [-0.4, -0.2) is 11.8 Å². The average Bonchev–Trinajstić information content (AvgIpc) is 2.80. The molecule has 0 spiro atoms. The van der Waals surface area contributed by atoms with E-state index < -0.39 is 0 Å². The third-order valence-corrected chi connectivity index (χ3v) is 5.31. The Bertz CT molecular complexity index is 934. The van der Waals surface area contributed by atoms with E-state index in [2.05, 4.69) is 6.07 Å². The van der Waals surface area contributed by atoms with Crippen molar-refractivity contribution in [2.45, 2.75) is 23.6 Å². The minimum Gasteiger partial charge on any atom is -0.269 e. The number of amides is 2. The molecule has 0 unspecified atom stereocenters. The number of rotatable bonds is 3. The van der Waals surface area contributed by atoms with Gasteiger partial charge in [0.05, 0.1) is 11.3 Å². The first-order valence-corrected chi connectivity index (χ1v) is 8.65. The van der Waals surface area contributed by atoms with Crippen LogP contribution in [0.4, 0.5) is 5.69 Å². The molecule has 124 valence electrons. The van der Waals surface area contributed by atoms with Crippen LogP contribution < -0.4 is 4.90 Å². The van der Waals surface area contributed by atoms with Crippen molar-refractivity contribution in [2.24, 2.45) is 0 Å². The van der Waals surface area contributed by atoms with Gasteiger partial charge in [-0.25, -0.2) is 4.90 Å². The second kappa shape index (κ2) is 6.75. The standard InChI is InChI=1S/C19H13ClN2O2S/c1-11-12(2)19(24)22(18(11)23)15-6-3-13(10-21)17(9-15)25-16-7-4-14(20)5-8-16/h3-9H,1-2H3. The lowest BCUT2D eigenvalue weighted by Crippen LogP contribution is -2.31. The first-order chi connectivity index (χ1) is 11.9. The number of nitrogens with zero attached hydrogens (tertiary/aromatic N) is 2. The molecule has 1 heterocycles. The third kappa shape index (κ3) is 3.19. The maximum atomic E-state index is 12.3. The molecule has 0 N–H and O–H groups in total. The molecule has 0 aliphatic carbocycles. The van der Waals surface area contributed by atoms with Gasteiger partial charge in [-0.3, -0.25) is 9.59 Å². The first kappa shape index (κ1) is 17.3. The van der Waals surface area contributed by atoms with E-state index in [1.54, 1.807) is 44.2 Å². The average molecular weight is 369 g/mol. The largest absolute Gasteiger partial charge is 0.269 e. The molecule has 0 atom stereocenters. The van der Waals surface area contributed by atoms with Crippen molar-refractivity contribution in [1.82, 2.24) is 0 Å². The Morgan fingerprint density at radius 3 is 2.16 bits per heavy atom. The Hall–Kier alpha value is -2.55. The van der Waals surface area contributed by atoms with E-state index in [0.717, 1.165) is 9.80 Å². The predicted molar refractivity (Wildman–Crippen MR) is 97.6 cm³/mol. The van der Waals surface area contributed by atoms with Gasteiger partial charge in [-0.1, -0.05) is 23.4 Å². The Morgan fingerprint density at radius 1 is 1.00 bits per heavy atom. The van der Waals surface area contributed by atoms with E-state index in [0.29, 0.717) is 32.3 Å². The zero-order valence-electron chi connectivity index (χ0n) is 13.5. The van der Waals surface area contributed by atoms with E-state index >= 15 is 0 Å². The lowest BCUT2D eigenvalue weighted by molar-refractivity contribution is -0.120. The van der Waals surface area contributed by atoms with Crippen LogP contribution in [0, 0.1) is 11.3 Å². The number of imide groups is 1. The molecule has 1 aliphatic rings. The molecule has 0 saturated carbocycles. The summed E-state index contributed by atoms with van der Waals surface area (Å²) in [6, 6.07) is 14.3. The normalized spacial score (nSPS) is 14.2. The molecule has 0 fully saturated rings. The van der Waals surface area contributed by atoms with Crippen molar-refractivity contribution in [2.75, 3.05) is 4.90 Å². The van der Waals surface area contributed by atoms with Gasteiger partial charge in [0.25, 0.3) is 11.8 Å². The zero-order chi connectivity index (χ0) is 18.1. The maximum absolute atomic E-state index is 12.3. The molecule has 1 aliphatic heterocycles. The molecular weight excluding hydrogens is 356 g/mol. The van der Waals surface area contributed by atoms with Crippen LogP contribution in [0.1, 0.15) is 19.4 Å². The first-order valence-electron chi connectivity index (χ1n) is 7.46. The summed E-state index contributed by atoms with van der Waals surface area (Å²) in [6.07, 6.45) is 0. The van der Waals surface area contributed by atoms with Gasteiger partial charge < -0.3 is 0 Å². The molecule has 0 radical (unpaired) electrons. The number of benzene rings is 2. The molecule has 0 bridgehead atoms. The third-order valence-electron chi connectivity index (χ3n) is 4.00. The molecule has 0 saturated heterocycles. The van der Waals surface area contributed by atoms with Crippen LogP contribution in [0.25, 0.3) is 0 Å². The number of anilines is 1. The Labute approximate surface area is 154 Å². The molecular formula is C19H13ClN2O2S. The predicted octanol–water partition coefficient (Wildman–Crippen LogP) is 4.57. The van der Waals surface area contributed by atoms with Gasteiger partial charge in [0.2, 0.25) is 0 Å². The van der Waals surface area contributed by atoms with E-state index in [1.807, 2.05) is 12.1 Å². The van der Waals surface area contributed by atoms with Crippen molar-refractivity contribution >= 4 is 40.9 Å². The van der Waals surface area contributed by atoms with E-state index in [4.69, 9.17) is 11.6 Å². The molecule has 6 heteroatoms. The monoisotopic (exact) mass is 368 g/mol. The highest BCUT2D eigenvalue weighted by atomic mass is 35.5. The van der Waals surface area contributed by atoms with Gasteiger partial charge in [0, 0.05) is 26.0 Å². The van der Waals surface area contributed by atoms with Gasteiger partial charge in [-0.05, 0) is 56.3 Å². The van der Waals surface area contributed by atoms with Crippen LogP contribution in [-0.2, 0) is 9.59 Å². The van der Waals surface area contributed by atoms with Crippen LogP contribution >= 0.6 is 23.4 Å². The minimum absolute atomic E-state index is 0.324. The van der Waals surface area contributed by atoms with Crippen LogP contribution in [0.5, 0.6) is 0 Å². The summed E-state index contributed by atoms with van der Waals surface area (Å²) >= 11 is 7.28. The van der Waals surface area contributed by atoms with Crippen molar-refractivity contribution in [3.05, 3.63) is 64.2 Å². The summed E-state index contributed by atoms with van der Waals surface area (Å²) in [5.41, 5.74) is 1.83. The SMILES string of the molecule is CC1=C(C)C(=O)N(c2ccc(C#N)c(Sc3ccc(Cl)cc3)c2)C1=O. The zero-order valence-corrected chi connectivity index (χ0v) is 15.1. The lowest BCUT2D eigenvalue weighted by atomic mass is 10.2. The number of halogens is 1. The van der Waals surface area contributed by atoms with Crippen LogP contribution in [0.15, 0.2) is 63.4 Å². The molecule has 2 aromatic carbocycles. The fraction of sp³-hybridized carbons (Fsp3) is 0.105. The number of carbonyl (C=O) groups is 2. The number of hydrogen-bond donors (Lipinski definition) is 0. The Balaban J connectivity index is 1.99. The number of nitriles is 1. The van der Waals surface area contributed by atoms with Gasteiger partial charge >= 0.3 is 0 Å². The summed E-state index contributed by atoms with van der Waals surface area (Å²) in [7, 11) is 0. The Morgan fingerprint density at radius 2 is 1.60 bits per heavy atom. The van der Waals surface area contributed by atoms with E-state index in [9.17, 15) is 14.9 Å². The van der Waals surface area contributed by atoms with Crippen molar-refractivity contribution in [3.8, 4) is 6.07 Å². The minimum atomic E-state index is -0.324. The molecule has 3 rings (SSSR count). The maximum Gasteiger partial charge on any atom is 0.261 e. The summed E-state index contributed by atoms with van der Waals surface area (Å²) < 4.78 is 0. The van der Waals surface area contributed by atoms with E-state index in [1.165, 1.54) is 11.8 Å². The van der Waals surface area contributed by atoms with Crippen molar-refractivity contribution < 1.29 is 9.59 Å². The summed E-state index contributed by atoms with van der Waals surface area (Å²) in [5.74, 6) is -0.649. The molecule has 2 aromatic rings. The second-order valence-electron chi connectivity index (χ2n) is 5.54. The van der Waals surface area contributed by atoms with Crippen LogP contribution in [0.3, 0.4) is 0 Å². The summed E-state index contributed by atoms with van der Waals surface area (Å²) in [4.78, 5) is 27.4. The highest BCUT2D eigenvalue weighted by Crippen LogP contribution is 2.35. The fourth-order valence-corrected chi connectivity index (χ4v) is 3.49. The van der Waals surface area contributed by atoms with Gasteiger partial charge in [0.15, 0.2) is 0 Å². The van der Waals surface area contributed by atoms with Gasteiger partial charge in [-0.2, -0.15) is 5.26 Å². The van der Waals surface area contributed by atoms with Gasteiger partial charge in [-0.15, -0.1) is 0 Å². The van der Waals surface area contributed by atoms with Gasteiger partial charge in [0.1, 0.15) is 6.07 Å². The smallest absolute Gasteiger partial charge is 0.261 e. The van der Waals surface area contributed by atoms with Crippen LogP contribution in [0.2, 0.25) is 5.02 Å². The molecule has 25 heavy (non-hydrogen) atoms. The highest BCUT2D eigenvalue weighted by Gasteiger charge is 2.34.